The molecule has 1 fully saturated rings. The van der Waals surface area contributed by atoms with Gasteiger partial charge in [0.05, 0.1) is 17.8 Å². The molecule has 0 aromatic carbocycles. The van der Waals surface area contributed by atoms with Crippen molar-refractivity contribution in [2.75, 3.05) is 23.3 Å². The van der Waals surface area contributed by atoms with Crippen molar-refractivity contribution >= 4 is 29.0 Å². The molecule has 0 radical (unpaired) electrons. The van der Waals surface area contributed by atoms with Crippen LogP contribution >= 0.6 is 11.6 Å². The van der Waals surface area contributed by atoms with Crippen LogP contribution in [0.5, 0.6) is 0 Å². The number of carbonyl (C=O) groups is 1. The number of hydrogen-bond donors (Lipinski definition) is 1. The Morgan fingerprint density at radius 3 is 2.85 bits per heavy atom. The number of nitrogens with zero attached hydrogens (tertiary/aromatic N) is 4. The van der Waals surface area contributed by atoms with Crippen LogP contribution in [0.25, 0.3) is 0 Å². The van der Waals surface area contributed by atoms with Gasteiger partial charge >= 0.3 is 0 Å². The van der Waals surface area contributed by atoms with E-state index < -0.39 is 0 Å². The van der Waals surface area contributed by atoms with E-state index in [1.165, 1.54) is 0 Å². The number of nitrogens with one attached hydrogen (secondary N) is 1. The Morgan fingerprint density at radius 2 is 2.20 bits per heavy atom. The van der Waals surface area contributed by atoms with Crippen LogP contribution in [0.15, 0.2) is 36.7 Å². The SMILES string of the molecule is O=C(Nc1ccc(Cl)nc1)C1CN(c2cccnn2)C1. The van der Waals surface area contributed by atoms with E-state index in [9.17, 15) is 4.79 Å². The lowest BCUT2D eigenvalue weighted by molar-refractivity contribution is -0.120. The van der Waals surface area contributed by atoms with Crippen LogP contribution in [-0.4, -0.2) is 34.2 Å². The van der Waals surface area contributed by atoms with E-state index in [1.807, 2.05) is 17.0 Å². The van der Waals surface area contributed by atoms with Gasteiger partial charge in [-0.2, -0.15) is 5.10 Å². The van der Waals surface area contributed by atoms with Gasteiger partial charge in [0.15, 0.2) is 5.82 Å². The minimum Gasteiger partial charge on any atom is -0.353 e. The molecule has 1 N–H and O–H groups in total. The smallest absolute Gasteiger partial charge is 0.231 e. The Bertz CT molecular complexity index is 598. The minimum atomic E-state index is -0.0484. The molecule has 0 saturated carbocycles. The predicted molar refractivity (Wildman–Crippen MR) is 75.6 cm³/mol. The summed E-state index contributed by atoms with van der Waals surface area (Å²) in [5.74, 6) is 0.728. The van der Waals surface area contributed by atoms with Crippen molar-refractivity contribution in [3.8, 4) is 0 Å². The van der Waals surface area contributed by atoms with Gasteiger partial charge < -0.3 is 10.2 Å². The van der Waals surface area contributed by atoms with Crippen molar-refractivity contribution in [3.05, 3.63) is 41.8 Å². The number of aromatic nitrogens is 3. The van der Waals surface area contributed by atoms with Crippen molar-refractivity contribution in [2.24, 2.45) is 5.92 Å². The molecule has 6 nitrogen and oxygen atoms in total. The summed E-state index contributed by atoms with van der Waals surface area (Å²) in [6, 6.07) is 7.08. The highest BCUT2D eigenvalue weighted by Gasteiger charge is 2.33. The van der Waals surface area contributed by atoms with E-state index in [1.54, 1.807) is 24.5 Å². The van der Waals surface area contributed by atoms with Gasteiger partial charge in [-0.05, 0) is 24.3 Å². The minimum absolute atomic E-state index is 0.0192. The van der Waals surface area contributed by atoms with E-state index in [4.69, 9.17) is 11.6 Å². The van der Waals surface area contributed by atoms with E-state index in [2.05, 4.69) is 20.5 Å². The molecular weight excluding hydrogens is 278 g/mol. The average Bonchev–Trinajstić information content (AvgIpc) is 2.41. The van der Waals surface area contributed by atoms with Crippen LogP contribution in [0, 0.1) is 5.92 Å². The van der Waals surface area contributed by atoms with Crippen LogP contribution in [0.4, 0.5) is 11.5 Å². The predicted octanol–water partition coefficient (Wildman–Crippen LogP) is 1.60. The van der Waals surface area contributed by atoms with Crippen LogP contribution in [0.3, 0.4) is 0 Å². The molecule has 2 aromatic rings. The van der Waals surface area contributed by atoms with E-state index in [0.29, 0.717) is 23.9 Å². The standard InChI is InChI=1S/C13H12ClN5O/c14-11-4-3-10(6-15-11)17-13(20)9-7-19(8-9)12-2-1-5-16-18-12/h1-6,9H,7-8H2,(H,17,20). The highest BCUT2D eigenvalue weighted by atomic mass is 35.5. The van der Waals surface area contributed by atoms with Gasteiger partial charge in [-0.15, -0.1) is 5.10 Å². The van der Waals surface area contributed by atoms with Crippen molar-refractivity contribution in [1.29, 1.82) is 0 Å². The van der Waals surface area contributed by atoms with Gasteiger partial charge in [-0.1, -0.05) is 11.6 Å². The van der Waals surface area contributed by atoms with Crippen LogP contribution in [0.1, 0.15) is 0 Å². The Hall–Kier alpha value is -2.21. The van der Waals surface area contributed by atoms with Crippen LogP contribution in [0.2, 0.25) is 5.15 Å². The fraction of sp³-hybridized carbons (Fsp3) is 0.231. The zero-order valence-electron chi connectivity index (χ0n) is 10.5. The second-order valence-electron chi connectivity index (χ2n) is 4.54. The van der Waals surface area contributed by atoms with Crippen LogP contribution in [-0.2, 0) is 4.79 Å². The molecule has 2 aromatic heterocycles. The molecule has 1 aliphatic heterocycles. The summed E-state index contributed by atoms with van der Waals surface area (Å²) in [4.78, 5) is 18.0. The second-order valence-corrected chi connectivity index (χ2v) is 4.93. The number of halogens is 1. The first-order chi connectivity index (χ1) is 9.72. The zero-order valence-corrected chi connectivity index (χ0v) is 11.3. The Balaban J connectivity index is 1.55. The molecule has 1 saturated heterocycles. The Labute approximate surface area is 120 Å². The monoisotopic (exact) mass is 289 g/mol. The fourth-order valence-corrected chi connectivity index (χ4v) is 2.10. The highest BCUT2D eigenvalue weighted by Crippen LogP contribution is 2.23. The molecule has 0 unspecified atom stereocenters. The third-order valence-corrected chi connectivity index (χ3v) is 3.35. The lowest BCUT2D eigenvalue weighted by atomic mass is 9.99. The molecule has 3 heterocycles. The van der Waals surface area contributed by atoms with Gasteiger partial charge in [0, 0.05) is 19.3 Å². The molecule has 1 aliphatic rings. The molecule has 3 rings (SSSR count). The van der Waals surface area contributed by atoms with Crippen molar-refractivity contribution in [1.82, 2.24) is 15.2 Å². The maximum Gasteiger partial charge on any atom is 0.231 e. The van der Waals surface area contributed by atoms with Gasteiger partial charge in [0.2, 0.25) is 5.91 Å². The van der Waals surface area contributed by atoms with E-state index >= 15 is 0 Å². The molecular formula is C13H12ClN5O. The number of pyridine rings is 1. The largest absolute Gasteiger partial charge is 0.353 e. The summed E-state index contributed by atoms with van der Waals surface area (Å²) in [7, 11) is 0. The number of anilines is 2. The van der Waals surface area contributed by atoms with Crippen LogP contribution < -0.4 is 10.2 Å². The Kier molecular flexibility index (Phi) is 3.47. The third kappa shape index (κ3) is 2.70. The molecule has 0 atom stereocenters. The number of hydrogen-bond acceptors (Lipinski definition) is 5. The van der Waals surface area contributed by atoms with Crippen molar-refractivity contribution < 1.29 is 4.79 Å². The molecule has 0 bridgehead atoms. The number of rotatable bonds is 3. The average molecular weight is 290 g/mol. The molecule has 0 spiro atoms. The molecule has 20 heavy (non-hydrogen) atoms. The second kappa shape index (κ2) is 5.42. The molecule has 0 aliphatic carbocycles. The van der Waals surface area contributed by atoms with Crippen molar-refractivity contribution in [2.45, 2.75) is 0 Å². The van der Waals surface area contributed by atoms with Crippen molar-refractivity contribution in [3.63, 3.8) is 0 Å². The summed E-state index contributed by atoms with van der Waals surface area (Å²) < 4.78 is 0. The topological polar surface area (TPSA) is 71.0 Å². The first kappa shape index (κ1) is 12.8. The van der Waals surface area contributed by atoms with Gasteiger partial charge in [-0.25, -0.2) is 4.98 Å². The number of amides is 1. The fourth-order valence-electron chi connectivity index (χ4n) is 1.99. The quantitative estimate of drug-likeness (QED) is 0.869. The first-order valence-corrected chi connectivity index (χ1v) is 6.55. The number of carbonyl (C=O) groups excluding carboxylic acids is 1. The van der Waals surface area contributed by atoms with Gasteiger partial charge in [0.1, 0.15) is 5.15 Å². The van der Waals surface area contributed by atoms with Gasteiger partial charge in [-0.3, -0.25) is 4.79 Å². The lowest BCUT2D eigenvalue weighted by Crippen LogP contribution is -2.52. The Morgan fingerprint density at radius 1 is 1.35 bits per heavy atom. The highest BCUT2D eigenvalue weighted by molar-refractivity contribution is 6.29. The molecule has 1 amide bonds. The molecule has 7 heteroatoms. The van der Waals surface area contributed by atoms with E-state index in [0.717, 1.165) is 5.82 Å². The zero-order chi connectivity index (χ0) is 13.9. The maximum absolute atomic E-state index is 12.0. The van der Waals surface area contributed by atoms with Gasteiger partial charge in [0.25, 0.3) is 0 Å². The summed E-state index contributed by atoms with van der Waals surface area (Å²) in [5.41, 5.74) is 0.650. The third-order valence-electron chi connectivity index (χ3n) is 3.13. The molecule has 102 valence electrons. The lowest BCUT2D eigenvalue weighted by Gasteiger charge is -2.38. The summed E-state index contributed by atoms with van der Waals surface area (Å²) >= 11 is 5.69. The summed E-state index contributed by atoms with van der Waals surface area (Å²) in [5, 5.41) is 11.1. The maximum atomic E-state index is 12.0. The summed E-state index contributed by atoms with van der Waals surface area (Å²) in [6.45, 7) is 1.29. The normalized spacial score (nSPS) is 14.8. The summed E-state index contributed by atoms with van der Waals surface area (Å²) in [6.07, 6.45) is 3.17. The van der Waals surface area contributed by atoms with E-state index in [-0.39, 0.29) is 11.8 Å². The first-order valence-electron chi connectivity index (χ1n) is 6.17.